The lowest BCUT2D eigenvalue weighted by atomic mass is 10.1. The second-order valence-corrected chi connectivity index (χ2v) is 4.51. The van der Waals surface area contributed by atoms with Gasteiger partial charge >= 0.3 is 0 Å². The molecule has 1 aliphatic heterocycles. The number of aromatic nitrogens is 2. The summed E-state index contributed by atoms with van der Waals surface area (Å²) in [4.78, 5) is 7.87. The van der Waals surface area contributed by atoms with E-state index in [2.05, 4.69) is 9.97 Å². The predicted molar refractivity (Wildman–Crippen MR) is 74.2 cm³/mol. The van der Waals surface area contributed by atoms with Gasteiger partial charge in [0, 0.05) is 5.56 Å². The zero-order valence-electron chi connectivity index (χ0n) is 10.8. The van der Waals surface area contributed by atoms with Gasteiger partial charge in [-0.1, -0.05) is 12.1 Å². The molecule has 0 spiro atoms. The third kappa shape index (κ3) is 1.60. The van der Waals surface area contributed by atoms with Crippen molar-refractivity contribution in [3.05, 3.63) is 36.4 Å². The van der Waals surface area contributed by atoms with E-state index in [4.69, 9.17) is 14.2 Å². The van der Waals surface area contributed by atoms with Crippen LogP contribution in [0.4, 0.5) is 0 Å². The molecule has 5 heteroatoms. The fraction of sp³-hybridized carbons (Fsp3) is 0.133. The summed E-state index contributed by atoms with van der Waals surface area (Å²) in [6.45, 7) is 0.218. The molecule has 1 N–H and O–H groups in total. The lowest BCUT2D eigenvalue weighted by molar-refractivity contribution is 0.171. The van der Waals surface area contributed by atoms with Crippen molar-refractivity contribution in [2.24, 2.45) is 0 Å². The molecule has 2 aromatic carbocycles. The second-order valence-electron chi connectivity index (χ2n) is 4.51. The van der Waals surface area contributed by atoms with Gasteiger partial charge in [-0.25, -0.2) is 4.98 Å². The molecule has 100 valence electrons. The molecule has 5 nitrogen and oxygen atoms in total. The quantitative estimate of drug-likeness (QED) is 0.776. The summed E-state index contributed by atoms with van der Waals surface area (Å²) >= 11 is 0. The van der Waals surface area contributed by atoms with E-state index < -0.39 is 0 Å². The molecule has 0 saturated carbocycles. The van der Waals surface area contributed by atoms with E-state index in [0.717, 1.165) is 22.4 Å². The minimum atomic E-state index is 0.218. The average molecular weight is 268 g/mol. The number of methoxy groups -OCH3 is 1. The standard InChI is InChI=1S/C15H12N2O3/c1-18-12-6-9(7-13-14(12)20-8-19-13)15-16-10-4-2-3-5-11(10)17-15/h2-7H,8H2,1H3,(H,16,17). The van der Waals surface area contributed by atoms with Crippen LogP contribution in [0.5, 0.6) is 17.2 Å². The van der Waals surface area contributed by atoms with Crippen molar-refractivity contribution in [3.8, 4) is 28.6 Å². The summed E-state index contributed by atoms with van der Waals surface area (Å²) in [6.07, 6.45) is 0. The van der Waals surface area contributed by atoms with Crippen molar-refractivity contribution in [2.75, 3.05) is 13.9 Å². The van der Waals surface area contributed by atoms with Gasteiger partial charge in [-0.05, 0) is 24.3 Å². The molecule has 0 atom stereocenters. The Labute approximate surface area is 115 Å². The SMILES string of the molecule is COc1cc(-c2nc3ccccc3[nH]2)cc2c1OCO2. The van der Waals surface area contributed by atoms with Gasteiger partial charge in [-0.15, -0.1) is 0 Å². The topological polar surface area (TPSA) is 56.4 Å². The maximum absolute atomic E-state index is 5.43. The molecule has 0 bridgehead atoms. The predicted octanol–water partition coefficient (Wildman–Crippen LogP) is 2.97. The molecule has 0 radical (unpaired) electrons. The van der Waals surface area contributed by atoms with Crippen LogP contribution in [0.15, 0.2) is 36.4 Å². The number of nitrogens with one attached hydrogen (secondary N) is 1. The number of imidazole rings is 1. The van der Waals surface area contributed by atoms with Gasteiger partial charge in [0.15, 0.2) is 11.5 Å². The van der Waals surface area contributed by atoms with Crippen LogP contribution in [-0.4, -0.2) is 23.9 Å². The van der Waals surface area contributed by atoms with Gasteiger partial charge in [-0.2, -0.15) is 0 Å². The zero-order valence-corrected chi connectivity index (χ0v) is 10.8. The summed E-state index contributed by atoms with van der Waals surface area (Å²) in [7, 11) is 1.61. The Hall–Kier alpha value is -2.69. The van der Waals surface area contributed by atoms with Crippen molar-refractivity contribution in [3.63, 3.8) is 0 Å². The summed E-state index contributed by atoms with van der Waals surface area (Å²) in [5.41, 5.74) is 2.83. The third-order valence-electron chi connectivity index (χ3n) is 3.32. The number of benzene rings is 2. The van der Waals surface area contributed by atoms with Crippen LogP contribution < -0.4 is 14.2 Å². The summed E-state index contributed by atoms with van der Waals surface area (Å²) in [6, 6.07) is 11.7. The van der Waals surface area contributed by atoms with Crippen LogP contribution in [-0.2, 0) is 0 Å². The van der Waals surface area contributed by atoms with Crippen LogP contribution in [0.1, 0.15) is 0 Å². The fourth-order valence-electron chi connectivity index (χ4n) is 2.36. The molecule has 1 aromatic heterocycles. The van der Waals surface area contributed by atoms with Crippen LogP contribution in [0.25, 0.3) is 22.4 Å². The molecule has 0 fully saturated rings. The highest BCUT2D eigenvalue weighted by molar-refractivity contribution is 5.80. The Morgan fingerprint density at radius 3 is 2.95 bits per heavy atom. The largest absolute Gasteiger partial charge is 0.493 e. The van der Waals surface area contributed by atoms with Crippen molar-refractivity contribution in [1.82, 2.24) is 9.97 Å². The number of para-hydroxylation sites is 2. The molecule has 2 heterocycles. The van der Waals surface area contributed by atoms with Crippen molar-refractivity contribution in [2.45, 2.75) is 0 Å². The first-order chi connectivity index (χ1) is 9.85. The van der Waals surface area contributed by atoms with E-state index in [9.17, 15) is 0 Å². The van der Waals surface area contributed by atoms with E-state index >= 15 is 0 Å². The molecule has 0 amide bonds. The lowest BCUT2D eigenvalue weighted by Crippen LogP contribution is -1.93. The van der Waals surface area contributed by atoms with Gasteiger partial charge in [0.25, 0.3) is 0 Å². The van der Waals surface area contributed by atoms with Gasteiger partial charge in [0.05, 0.1) is 18.1 Å². The van der Waals surface area contributed by atoms with Crippen LogP contribution in [0, 0.1) is 0 Å². The second kappa shape index (κ2) is 4.16. The number of hydrogen-bond donors (Lipinski definition) is 1. The van der Waals surface area contributed by atoms with Gasteiger partial charge in [0.2, 0.25) is 12.5 Å². The highest BCUT2D eigenvalue weighted by Crippen LogP contribution is 2.43. The molecule has 3 aromatic rings. The van der Waals surface area contributed by atoms with Crippen LogP contribution in [0.2, 0.25) is 0 Å². The van der Waals surface area contributed by atoms with Gasteiger partial charge in [0.1, 0.15) is 5.82 Å². The van der Waals surface area contributed by atoms with E-state index in [-0.39, 0.29) is 6.79 Å². The monoisotopic (exact) mass is 268 g/mol. The summed E-state index contributed by atoms with van der Waals surface area (Å²) < 4.78 is 16.2. The minimum Gasteiger partial charge on any atom is -0.493 e. The van der Waals surface area contributed by atoms with Crippen molar-refractivity contribution in [1.29, 1.82) is 0 Å². The first-order valence-electron chi connectivity index (χ1n) is 6.28. The van der Waals surface area contributed by atoms with E-state index in [1.54, 1.807) is 7.11 Å². The summed E-state index contributed by atoms with van der Waals surface area (Å²) in [5, 5.41) is 0. The highest BCUT2D eigenvalue weighted by atomic mass is 16.7. The Bertz CT molecular complexity index is 762. The maximum atomic E-state index is 5.43. The fourth-order valence-corrected chi connectivity index (χ4v) is 2.36. The first-order valence-corrected chi connectivity index (χ1v) is 6.28. The lowest BCUT2D eigenvalue weighted by Gasteiger charge is -2.06. The molecule has 4 rings (SSSR count). The number of nitrogens with zero attached hydrogens (tertiary/aromatic N) is 1. The first kappa shape index (κ1) is 11.2. The van der Waals surface area contributed by atoms with Crippen LogP contribution >= 0.6 is 0 Å². The zero-order chi connectivity index (χ0) is 13.5. The maximum Gasteiger partial charge on any atom is 0.231 e. The number of H-pyrrole nitrogens is 1. The van der Waals surface area contributed by atoms with Crippen molar-refractivity contribution < 1.29 is 14.2 Å². The molecule has 1 aliphatic rings. The normalized spacial score (nSPS) is 12.8. The number of ether oxygens (including phenoxy) is 3. The smallest absolute Gasteiger partial charge is 0.231 e. The molecular weight excluding hydrogens is 256 g/mol. The molecule has 0 aliphatic carbocycles. The number of fused-ring (bicyclic) bond motifs is 2. The van der Waals surface area contributed by atoms with E-state index in [1.807, 2.05) is 36.4 Å². The number of rotatable bonds is 2. The molecule has 0 saturated heterocycles. The number of aromatic amines is 1. The Morgan fingerprint density at radius 2 is 2.10 bits per heavy atom. The number of hydrogen-bond acceptors (Lipinski definition) is 4. The Balaban J connectivity index is 1.89. The molecule has 0 unspecified atom stereocenters. The summed E-state index contributed by atoms with van der Waals surface area (Å²) in [5.74, 6) is 2.76. The van der Waals surface area contributed by atoms with Crippen molar-refractivity contribution >= 4 is 11.0 Å². The highest BCUT2D eigenvalue weighted by Gasteiger charge is 2.21. The average Bonchev–Trinajstić information content (AvgIpc) is 3.12. The third-order valence-corrected chi connectivity index (χ3v) is 3.32. The van der Waals surface area contributed by atoms with Gasteiger partial charge in [-0.3, -0.25) is 0 Å². The Kier molecular flexibility index (Phi) is 2.32. The molecule has 20 heavy (non-hydrogen) atoms. The van der Waals surface area contributed by atoms with Crippen LogP contribution in [0.3, 0.4) is 0 Å². The van der Waals surface area contributed by atoms with E-state index in [1.165, 1.54) is 0 Å². The van der Waals surface area contributed by atoms with Gasteiger partial charge < -0.3 is 19.2 Å². The molecular formula is C15H12N2O3. The van der Waals surface area contributed by atoms with E-state index in [0.29, 0.717) is 17.2 Å². The Morgan fingerprint density at radius 1 is 1.20 bits per heavy atom. The minimum absolute atomic E-state index is 0.218.